The number of benzene rings is 2. The summed E-state index contributed by atoms with van der Waals surface area (Å²) in [5, 5.41) is 4.80. The Morgan fingerprint density at radius 3 is 2.73 bits per heavy atom. The standard InChI is InChI=1S/C21H21BrN4O4/c1-13-24-17-8-6-5-7-15(17)21(28)26(13)23-11-14-9-16(22)20(18(10-14)29-4)30-12-19(27)25(2)3/h5-11H,12H2,1-4H3. The molecule has 0 atom stereocenters. The van der Waals surface area contributed by atoms with Crippen LogP contribution in [0.1, 0.15) is 11.4 Å². The van der Waals surface area contributed by atoms with E-state index in [4.69, 9.17) is 9.47 Å². The maximum absolute atomic E-state index is 12.7. The van der Waals surface area contributed by atoms with Crippen molar-refractivity contribution >= 4 is 39.0 Å². The summed E-state index contributed by atoms with van der Waals surface area (Å²) in [6, 6.07) is 10.6. The van der Waals surface area contributed by atoms with Crippen molar-refractivity contribution in [1.82, 2.24) is 14.6 Å². The van der Waals surface area contributed by atoms with Gasteiger partial charge in [-0.05, 0) is 52.7 Å². The van der Waals surface area contributed by atoms with Gasteiger partial charge in [-0.25, -0.2) is 4.98 Å². The summed E-state index contributed by atoms with van der Waals surface area (Å²) in [6.45, 7) is 1.60. The molecule has 1 amide bonds. The molecule has 0 radical (unpaired) electrons. The summed E-state index contributed by atoms with van der Waals surface area (Å²) in [5.41, 5.74) is 1.05. The predicted molar refractivity (Wildman–Crippen MR) is 119 cm³/mol. The van der Waals surface area contributed by atoms with E-state index in [0.29, 0.717) is 38.3 Å². The molecule has 0 unspecified atom stereocenters. The summed E-state index contributed by atoms with van der Waals surface area (Å²) < 4.78 is 12.9. The molecule has 2 aromatic carbocycles. The highest BCUT2D eigenvalue weighted by atomic mass is 79.9. The largest absolute Gasteiger partial charge is 0.493 e. The zero-order chi connectivity index (χ0) is 21.8. The monoisotopic (exact) mass is 472 g/mol. The molecule has 0 fully saturated rings. The summed E-state index contributed by atoms with van der Waals surface area (Å²) in [4.78, 5) is 30.4. The number of rotatable bonds is 6. The Hall–Kier alpha value is -3.20. The normalized spacial score (nSPS) is 11.1. The molecule has 3 aromatic rings. The first-order valence-electron chi connectivity index (χ1n) is 9.05. The van der Waals surface area contributed by atoms with Crippen molar-refractivity contribution in [1.29, 1.82) is 0 Å². The zero-order valence-corrected chi connectivity index (χ0v) is 18.6. The van der Waals surface area contributed by atoms with Crippen molar-refractivity contribution in [2.45, 2.75) is 6.92 Å². The number of amides is 1. The van der Waals surface area contributed by atoms with Crippen molar-refractivity contribution in [2.24, 2.45) is 5.10 Å². The molecule has 1 aromatic heterocycles. The van der Waals surface area contributed by atoms with Crippen LogP contribution >= 0.6 is 15.9 Å². The molecule has 156 valence electrons. The first-order valence-corrected chi connectivity index (χ1v) is 9.84. The van der Waals surface area contributed by atoms with Crippen LogP contribution in [0.15, 0.2) is 50.8 Å². The molecule has 3 rings (SSSR count). The summed E-state index contributed by atoms with van der Waals surface area (Å²) in [7, 11) is 4.82. The average molecular weight is 473 g/mol. The van der Waals surface area contributed by atoms with Crippen LogP contribution in [0.25, 0.3) is 10.9 Å². The molecule has 1 heterocycles. The van der Waals surface area contributed by atoms with Gasteiger partial charge in [-0.3, -0.25) is 9.59 Å². The van der Waals surface area contributed by atoms with Crippen molar-refractivity contribution in [3.8, 4) is 11.5 Å². The number of aryl methyl sites for hydroxylation is 1. The second-order valence-electron chi connectivity index (χ2n) is 6.65. The van der Waals surface area contributed by atoms with E-state index < -0.39 is 0 Å². The molecule has 0 aliphatic rings. The fraction of sp³-hybridized carbons (Fsp3) is 0.238. The van der Waals surface area contributed by atoms with Crippen LogP contribution in [-0.2, 0) is 4.79 Å². The molecule has 0 bridgehead atoms. The molecule has 9 heteroatoms. The minimum Gasteiger partial charge on any atom is -0.493 e. The van der Waals surface area contributed by atoms with Gasteiger partial charge < -0.3 is 14.4 Å². The van der Waals surface area contributed by atoms with Crippen LogP contribution in [-0.4, -0.2) is 54.5 Å². The smallest absolute Gasteiger partial charge is 0.282 e. The SMILES string of the molecule is COc1cc(C=Nn2c(C)nc3ccccc3c2=O)cc(Br)c1OCC(=O)N(C)C. The minimum atomic E-state index is -0.248. The first-order chi connectivity index (χ1) is 14.3. The van der Waals surface area contributed by atoms with Gasteiger partial charge in [-0.15, -0.1) is 0 Å². The van der Waals surface area contributed by atoms with Crippen LogP contribution < -0.4 is 15.0 Å². The Labute approximate surface area is 181 Å². The Morgan fingerprint density at radius 2 is 2.03 bits per heavy atom. The van der Waals surface area contributed by atoms with Crippen LogP contribution in [0.4, 0.5) is 0 Å². The molecular formula is C21H21BrN4O4. The van der Waals surface area contributed by atoms with Crippen molar-refractivity contribution in [2.75, 3.05) is 27.8 Å². The Kier molecular flexibility index (Phi) is 6.51. The van der Waals surface area contributed by atoms with Crippen molar-refractivity contribution in [3.05, 3.63) is 62.6 Å². The number of halogens is 1. The summed E-state index contributed by atoms with van der Waals surface area (Å²) in [6.07, 6.45) is 1.53. The van der Waals surface area contributed by atoms with Gasteiger partial charge in [-0.1, -0.05) is 12.1 Å². The van der Waals surface area contributed by atoms with E-state index in [1.807, 2.05) is 6.07 Å². The number of nitrogens with zero attached hydrogens (tertiary/aromatic N) is 4. The van der Waals surface area contributed by atoms with Gasteiger partial charge in [0.2, 0.25) is 0 Å². The second kappa shape index (κ2) is 9.08. The van der Waals surface area contributed by atoms with Gasteiger partial charge in [0.05, 0.1) is 28.7 Å². The van der Waals surface area contributed by atoms with Gasteiger partial charge in [-0.2, -0.15) is 9.78 Å². The van der Waals surface area contributed by atoms with Gasteiger partial charge >= 0.3 is 0 Å². The zero-order valence-electron chi connectivity index (χ0n) is 17.0. The van der Waals surface area contributed by atoms with Crippen LogP contribution in [0.2, 0.25) is 0 Å². The van der Waals surface area contributed by atoms with E-state index in [1.54, 1.807) is 51.4 Å². The first kappa shape index (κ1) is 21.5. The van der Waals surface area contributed by atoms with Gasteiger partial charge in [0, 0.05) is 14.1 Å². The maximum atomic E-state index is 12.7. The van der Waals surface area contributed by atoms with E-state index in [0.717, 1.165) is 0 Å². The lowest BCUT2D eigenvalue weighted by molar-refractivity contribution is -0.130. The molecule has 0 spiro atoms. The second-order valence-corrected chi connectivity index (χ2v) is 7.50. The molecule has 0 N–H and O–H groups in total. The molecule has 8 nitrogen and oxygen atoms in total. The third-order valence-electron chi connectivity index (χ3n) is 4.33. The summed E-state index contributed by atoms with van der Waals surface area (Å²) >= 11 is 3.44. The maximum Gasteiger partial charge on any atom is 0.282 e. The van der Waals surface area contributed by atoms with Crippen molar-refractivity contribution < 1.29 is 14.3 Å². The number of fused-ring (bicyclic) bond motifs is 1. The van der Waals surface area contributed by atoms with Crippen LogP contribution in [0.5, 0.6) is 11.5 Å². The lowest BCUT2D eigenvalue weighted by Crippen LogP contribution is -2.27. The van der Waals surface area contributed by atoms with E-state index >= 15 is 0 Å². The highest BCUT2D eigenvalue weighted by molar-refractivity contribution is 9.10. The number of ether oxygens (including phenoxy) is 2. The topological polar surface area (TPSA) is 86.0 Å². The number of aromatic nitrogens is 2. The van der Waals surface area contributed by atoms with E-state index in [1.165, 1.54) is 22.9 Å². The Balaban J connectivity index is 1.93. The van der Waals surface area contributed by atoms with Crippen LogP contribution in [0.3, 0.4) is 0 Å². The third-order valence-corrected chi connectivity index (χ3v) is 4.92. The lowest BCUT2D eigenvalue weighted by Gasteiger charge is -2.15. The van der Waals surface area contributed by atoms with Gasteiger partial charge in [0.15, 0.2) is 18.1 Å². The Morgan fingerprint density at radius 1 is 1.30 bits per heavy atom. The minimum absolute atomic E-state index is 0.118. The highest BCUT2D eigenvalue weighted by Crippen LogP contribution is 2.36. The predicted octanol–water partition coefficient (Wildman–Crippen LogP) is 2.83. The van der Waals surface area contributed by atoms with Crippen LogP contribution in [0, 0.1) is 6.92 Å². The number of carbonyl (C=O) groups excluding carboxylic acids is 1. The number of methoxy groups -OCH3 is 1. The Bertz CT molecular complexity index is 1190. The van der Waals surface area contributed by atoms with E-state index in [9.17, 15) is 9.59 Å². The quantitative estimate of drug-likeness (QED) is 0.514. The number of para-hydroxylation sites is 1. The lowest BCUT2D eigenvalue weighted by atomic mass is 10.2. The molecular weight excluding hydrogens is 452 g/mol. The molecule has 0 aliphatic carbocycles. The molecule has 0 aliphatic heterocycles. The third kappa shape index (κ3) is 4.51. The molecule has 30 heavy (non-hydrogen) atoms. The fourth-order valence-electron chi connectivity index (χ4n) is 2.71. The molecule has 0 saturated heterocycles. The van der Waals surface area contributed by atoms with Gasteiger partial charge in [0.25, 0.3) is 11.5 Å². The number of likely N-dealkylation sites (N-methyl/N-ethyl adjacent to an activating group) is 1. The number of hydrogen-bond donors (Lipinski definition) is 0. The van der Waals surface area contributed by atoms with E-state index in [-0.39, 0.29) is 18.1 Å². The highest BCUT2D eigenvalue weighted by Gasteiger charge is 2.14. The van der Waals surface area contributed by atoms with E-state index in [2.05, 4.69) is 26.0 Å². The van der Waals surface area contributed by atoms with Crippen molar-refractivity contribution in [3.63, 3.8) is 0 Å². The molecule has 0 saturated carbocycles. The summed E-state index contributed by atoms with van der Waals surface area (Å²) in [5.74, 6) is 1.14. The average Bonchev–Trinajstić information content (AvgIpc) is 2.72. The van der Waals surface area contributed by atoms with Gasteiger partial charge in [0.1, 0.15) is 5.82 Å². The number of carbonyl (C=O) groups is 1. The fourth-order valence-corrected chi connectivity index (χ4v) is 3.29. The number of hydrogen-bond acceptors (Lipinski definition) is 6.